The first kappa shape index (κ1) is 12.9. The van der Waals surface area contributed by atoms with Gasteiger partial charge in [0.05, 0.1) is 28.8 Å². The van der Waals surface area contributed by atoms with E-state index in [9.17, 15) is 4.79 Å². The molecule has 5 heteroatoms. The van der Waals surface area contributed by atoms with Gasteiger partial charge in [0, 0.05) is 18.6 Å². The summed E-state index contributed by atoms with van der Waals surface area (Å²) in [5.41, 5.74) is 2.69. The Morgan fingerprint density at radius 3 is 2.43 bits per heavy atom. The van der Waals surface area contributed by atoms with Crippen LogP contribution < -0.4 is 5.32 Å². The van der Waals surface area contributed by atoms with Crippen molar-refractivity contribution in [2.75, 3.05) is 5.32 Å². The zero-order valence-electron chi connectivity index (χ0n) is 11.1. The Bertz CT molecular complexity index is 727. The highest BCUT2D eigenvalue weighted by atomic mass is 16.1. The molecule has 0 aliphatic rings. The van der Waals surface area contributed by atoms with Gasteiger partial charge in [-0.1, -0.05) is 6.07 Å². The van der Waals surface area contributed by atoms with E-state index in [0.29, 0.717) is 11.3 Å². The Labute approximate surface area is 121 Å². The van der Waals surface area contributed by atoms with E-state index in [1.165, 1.54) is 6.20 Å². The molecule has 0 radical (unpaired) electrons. The maximum Gasteiger partial charge on any atom is 0.257 e. The third-order valence-electron chi connectivity index (χ3n) is 2.87. The molecule has 0 unspecified atom stereocenters. The average molecular weight is 276 g/mol. The van der Waals surface area contributed by atoms with E-state index in [2.05, 4.69) is 20.3 Å². The molecule has 0 aromatic carbocycles. The molecule has 5 nitrogen and oxygen atoms in total. The van der Waals surface area contributed by atoms with E-state index in [1.807, 2.05) is 24.3 Å². The van der Waals surface area contributed by atoms with Crippen LogP contribution in [0.4, 0.5) is 5.69 Å². The Hall–Kier alpha value is -3.08. The second-order valence-electron chi connectivity index (χ2n) is 4.34. The molecule has 0 atom stereocenters. The number of carbonyl (C=O) groups is 1. The Balaban J connectivity index is 1.75. The molecule has 102 valence electrons. The number of hydrogen-bond donors (Lipinski definition) is 1. The third kappa shape index (κ3) is 3.09. The largest absolute Gasteiger partial charge is 0.321 e. The van der Waals surface area contributed by atoms with Crippen LogP contribution in [-0.4, -0.2) is 20.9 Å². The van der Waals surface area contributed by atoms with Gasteiger partial charge in [0.2, 0.25) is 0 Å². The quantitative estimate of drug-likeness (QED) is 0.798. The molecule has 1 amide bonds. The molecule has 0 saturated carbocycles. The lowest BCUT2D eigenvalue weighted by atomic mass is 10.2. The van der Waals surface area contributed by atoms with Gasteiger partial charge in [-0.3, -0.25) is 19.7 Å². The second kappa shape index (κ2) is 5.92. The zero-order valence-corrected chi connectivity index (χ0v) is 11.1. The van der Waals surface area contributed by atoms with Crippen molar-refractivity contribution in [1.29, 1.82) is 0 Å². The average Bonchev–Trinajstić information content (AvgIpc) is 2.57. The van der Waals surface area contributed by atoms with Crippen LogP contribution in [-0.2, 0) is 0 Å². The molecule has 21 heavy (non-hydrogen) atoms. The summed E-state index contributed by atoms with van der Waals surface area (Å²) in [5, 5.41) is 2.78. The lowest BCUT2D eigenvalue weighted by Gasteiger charge is -2.05. The first-order chi connectivity index (χ1) is 10.3. The molecule has 3 aromatic rings. The normalized spacial score (nSPS) is 10.1. The van der Waals surface area contributed by atoms with Crippen molar-refractivity contribution in [3.05, 3.63) is 72.8 Å². The van der Waals surface area contributed by atoms with Gasteiger partial charge >= 0.3 is 0 Å². The molecule has 0 fully saturated rings. The predicted octanol–water partition coefficient (Wildman–Crippen LogP) is 2.79. The van der Waals surface area contributed by atoms with Crippen molar-refractivity contribution in [2.24, 2.45) is 0 Å². The first-order valence-corrected chi connectivity index (χ1v) is 6.42. The maximum absolute atomic E-state index is 12.0. The molecule has 3 rings (SSSR count). The van der Waals surface area contributed by atoms with E-state index in [0.717, 1.165) is 11.4 Å². The SMILES string of the molecule is O=C(Nc1ccc(-c2ccccn2)nc1)c1cccnc1. The van der Waals surface area contributed by atoms with Gasteiger partial charge in [-0.15, -0.1) is 0 Å². The van der Waals surface area contributed by atoms with Crippen LogP contribution in [0.15, 0.2) is 67.3 Å². The Morgan fingerprint density at radius 1 is 0.857 bits per heavy atom. The monoisotopic (exact) mass is 276 g/mol. The summed E-state index contributed by atoms with van der Waals surface area (Å²) in [6.07, 6.45) is 6.47. The minimum Gasteiger partial charge on any atom is -0.321 e. The van der Waals surface area contributed by atoms with Crippen LogP contribution in [0.1, 0.15) is 10.4 Å². The van der Waals surface area contributed by atoms with Crippen LogP contribution in [0, 0.1) is 0 Å². The highest BCUT2D eigenvalue weighted by Gasteiger charge is 2.06. The van der Waals surface area contributed by atoms with Crippen LogP contribution in [0.25, 0.3) is 11.4 Å². The molecule has 3 aromatic heterocycles. The van der Waals surface area contributed by atoms with Crippen LogP contribution in [0.3, 0.4) is 0 Å². The Morgan fingerprint density at radius 2 is 1.76 bits per heavy atom. The summed E-state index contributed by atoms with van der Waals surface area (Å²) in [7, 11) is 0. The van der Waals surface area contributed by atoms with Crippen LogP contribution >= 0.6 is 0 Å². The highest BCUT2D eigenvalue weighted by Crippen LogP contribution is 2.16. The van der Waals surface area contributed by atoms with E-state index in [-0.39, 0.29) is 5.91 Å². The topological polar surface area (TPSA) is 67.8 Å². The van der Waals surface area contributed by atoms with Gasteiger partial charge in [-0.05, 0) is 36.4 Å². The van der Waals surface area contributed by atoms with Gasteiger partial charge < -0.3 is 5.32 Å². The number of carbonyl (C=O) groups excluding carboxylic acids is 1. The smallest absolute Gasteiger partial charge is 0.257 e. The van der Waals surface area contributed by atoms with E-state index in [4.69, 9.17) is 0 Å². The van der Waals surface area contributed by atoms with E-state index < -0.39 is 0 Å². The lowest BCUT2D eigenvalue weighted by molar-refractivity contribution is 0.102. The van der Waals surface area contributed by atoms with Crippen LogP contribution in [0.5, 0.6) is 0 Å². The third-order valence-corrected chi connectivity index (χ3v) is 2.87. The van der Waals surface area contributed by atoms with Crippen molar-refractivity contribution in [2.45, 2.75) is 0 Å². The zero-order chi connectivity index (χ0) is 14.5. The number of hydrogen-bond acceptors (Lipinski definition) is 4. The van der Waals surface area contributed by atoms with Crippen molar-refractivity contribution in [3.8, 4) is 11.4 Å². The lowest BCUT2D eigenvalue weighted by Crippen LogP contribution is -2.12. The number of aromatic nitrogens is 3. The van der Waals surface area contributed by atoms with Gasteiger partial charge in [-0.25, -0.2) is 0 Å². The molecule has 0 aliphatic carbocycles. The van der Waals surface area contributed by atoms with Crippen LogP contribution in [0.2, 0.25) is 0 Å². The minimum absolute atomic E-state index is 0.213. The molecule has 0 aliphatic heterocycles. The molecule has 0 bridgehead atoms. The van der Waals surface area contributed by atoms with Crippen molar-refractivity contribution < 1.29 is 4.79 Å². The van der Waals surface area contributed by atoms with Gasteiger partial charge in [-0.2, -0.15) is 0 Å². The van der Waals surface area contributed by atoms with Gasteiger partial charge in [0.25, 0.3) is 5.91 Å². The van der Waals surface area contributed by atoms with Crippen molar-refractivity contribution >= 4 is 11.6 Å². The molecule has 1 N–H and O–H groups in total. The van der Waals surface area contributed by atoms with E-state index in [1.54, 1.807) is 36.8 Å². The fraction of sp³-hybridized carbons (Fsp3) is 0. The minimum atomic E-state index is -0.213. The van der Waals surface area contributed by atoms with Crippen molar-refractivity contribution in [1.82, 2.24) is 15.0 Å². The highest BCUT2D eigenvalue weighted by molar-refractivity contribution is 6.03. The summed E-state index contributed by atoms with van der Waals surface area (Å²) in [4.78, 5) is 24.4. The fourth-order valence-electron chi connectivity index (χ4n) is 1.83. The number of amides is 1. The Kier molecular flexibility index (Phi) is 3.64. The predicted molar refractivity (Wildman–Crippen MR) is 79.7 cm³/mol. The first-order valence-electron chi connectivity index (χ1n) is 6.42. The number of nitrogens with zero attached hydrogens (tertiary/aromatic N) is 3. The van der Waals surface area contributed by atoms with Gasteiger partial charge in [0.1, 0.15) is 0 Å². The number of rotatable bonds is 3. The molecular formula is C16H12N4O. The summed E-state index contributed by atoms with van der Waals surface area (Å²) in [6, 6.07) is 12.7. The number of nitrogens with one attached hydrogen (secondary N) is 1. The number of pyridine rings is 3. The molecular weight excluding hydrogens is 264 g/mol. The van der Waals surface area contributed by atoms with Crippen molar-refractivity contribution in [3.63, 3.8) is 0 Å². The number of anilines is 1. The summed E-state index contributed by atoms with van der Waals surface area (Å²) in [5.74, 6) is -0.213. The van der Waals surface area contributed by atoms with E-state index >= 15 is 0 Å². The second-order valence-corrected chi connectivity index (χ2v) is 4.34. The fourth-order valence-corrected chi connectivity index (χ4v) is 1.83. The maximum atomic E-state index is 12.0. The summed E-state index contributed by atoms with van der Waals surface area (Å²) in [6.45, 7) is 0. The standard InChI is InChI=1S/C16H12N4O/c21-16(12-4-3-8-17-10-12)20-13-6-7-15(19-11-13)14-5-1-2-9-18-14/h1-11H,(H,20,21). The molecule has 0 saturated heterocycles. The van der Waals surface area contributed by atoms with Gasteiger partial charge in [0.15, 0.2) is 0 Å². The molecule has 0 spiro atoms. The molecule has 3 heterocycles. The summed E-state index contributed by atoms with van der Waals surface area (Å²) < 4.78 is 0. The summed E-state index contributed by atoms with van der Waals surface area (Å²) >= 11 is 0.